The number of rotatable bonds is 6. The van der Waals surface area contributed by atoms with Crippen molar-refractivity contribution in [2.24, 2.45) is 11.8 Å². The van der Waals surface area contributed by atoms with E-state index in [4.69, 9.17) is 4.74 Å². The SMILES string of the molecule is CCN1C(=O)[C@H]2[C@@H](C1=O)[C@](CCSC)(C(=O)OC)N[C@H]2c1cccs1. The van der Waals surface area contributed by atoms with Crippen molar-refractivity contribution in [2.45, 2.75) is 24.9 Å². The number of hydrogen-bond donors (Lipinski definition) is 1. The third-order valence-electron chi connectivity index (χ3n) is 5.16. The zero-order valence-corrected chi connectivity index (χ0v) is 16.1. The lowest BCUT2D eigenvalue weighted by Gasteiger charge is -2.32. The first-order chi connectivity index (χ1) is 12.0. The number of nitrogens with zero attached hydrogens (tertiary/aromatic N) is 1. The van der Waals surface area contributed by atoms with Crippen molar-refractivity contribution >= 4 is 40.9 Å². The summed E-state index contributed by atoms with van der Waals surface area (Å²) >= 11 is 3.12. The summed E-state index contributed by atoms with van der Waals surface area (Å²) in [6.07, 6.45) is 2.40. The molecule has 0 saturated carbocycles. The topological polar surface area (TPSA) is 75.7 Å². The van der Waals surface area contributed by atoms with Gasteiger partial charge in [0.15, 0.2) is 0 Å². The van der Waals surface area contributed by atoms with Crippen molar-refractivity contribution < 1.29 is 19.1 Å². The standard InChI is InChI=1S/C17H22N2O4S2/c1-4-19-14(20)11-12(15(19)21)17(7-9-24-3,16(22)23-2)18-13(11)10-6-5-8-25-10/h5-6,8,11-13,18H,4,7,9H2,1-3H3/t11-,12-,13-,17+/m0/s1. The average molecular weight is 383 g/mol. The molecule has 1 aromatic heterocycles. The third-order valence-corrected chi connectivity index (χ3v) is 6.73. The lowest BCUT2D eigenvalue weighted by molar-refractivity contribution is -0.154. The molecule has 6 nitrogen and oxygen atoms in total. The number of methoxy groups -OCH3 is 1. The molecule has 0 aromatic carbocycles. The Balaban J connectivity index is 2.11. The number of amides is 2. The summed E-state index contributed by atoms with van der Waals surface area (Å²) in [4.78, 5) is 40.9. The molecule has 0 unspecified atom stereocenters. The second-order valence-corrected chi connectivity index (χ2v) is 8.23. The number of thioether (sulfide) groups is 1. The van der Waals surface area contributed by atoms with Crippen molar-refractivity contribution in [3.8, 4) is 0 Å². The van der Waals surface area contributed by atoms with E-state index in [1.165, 1.54) is 23.3 Å². The second-order valence-electron chi connectivity index (χ2n) is 6.27. The molecule has 2 fully saturated rings. The van der Waals surface area contributed by atoms with Crippen molar-refractivity contribution in [3.05, 3.63) is 22.4 Å². The van der Waals surface area contributed by atoms with Crippen LogP contribution in [-0.2, 0) is 19.1 Å². The molecule has 136 valence electrons. The highest BCUT2D eigenvalue weighted by Gasteiger charge is 2.68. The Hall–Kier alpha value is -1.38. The summed E-state index contributed by atoms with van der Waals surface area (Å²) in [5, 5.41) is 5.29. The maximum absolute atomic E-state index is 13.0. The molecule has 2 amide bonds. The first-order valence-electron chi connectivity index (χ1n) is 8.25. The van der Waals surface area contributed by atoms with Crippen LogP contribution in [0.2, 0.25) is 0 Å². The summed E-state index contributed by atoms with van der Waals surface area (Å²) in [7, 11) is 1.33. The summed E-state index contributed by atoms with van der Waals surface area (Å²) in [6.45, 7) is 2.10. The molecule has 0 bridgehead atoms. The molecule has 0 aliphatic carbocycles. The van der Waals surface area contributed by atoms with Gasteiger partial charge in [0.05, 0.1) is 25.0 Å². The first kappa shape index (κ1) is 18.4. The molecule has 8 heteroatoms. The number of carbonyl (C=O) groups is 3. The van der Waals surface area contributed by atoms with Gasteiger partial charge in [-0.2, -0.15) is 11.8 Å². The van der Waals surface area contributed by atoms with E-state index in [9.17, 15) is 14.4 Å². The van der Waals surface area contributed by atoms with Crippen molar-refractivity contribution in [1.29, 1.82) is 0 Å². The van der Waals surface area contributed by atoms with Crippen molar-refractivity contribution in [1.82, 2.24) is 10.2 Å². The van der Waals surface area contributed by atoms with Gasteiger partial charge in [0.25, 0.3) is 0 Å². The van der Waals surface area contributed by atoms with E-state index >= 15 is 0 Å². The monoisotopic (exact) mass is 382 g/mol. The minimum Gasteiger partial charge on any atom is -0.468 e. The van der Waals surface area contributed by atoms with Crippen LogP contribution < -0.4 is 5.32 Å². The molecule has 25 heavy (non-hydrogen) atoms. The van der Waals surface area contributed by atoms with E-state index < -0.39 is 23.3 Å². The predicted octanol–water partition coefficient (Wildman–Crippen LogP) is 1.68. The third kappa shape index (κ3) is 2.71. The zero-order valence-electron chi connectivity index (χ0n) is 14.5. The Labute approximate surface area is 155 Å². The maximum Gasteiger partial charge on any atom is 0.326 e. The number of hydrogen-bond acceptors (Lipinski definition) is 7. The van der Waals surface area contributed by atoms with Crippen LogP contribution in [-0.4, -0.2) is 53.9 Å². The van der Waals surface area contributed by atoms with Crippen LogP contribution >= 0.6 is 23.1 Å². The van der Waals surface area contributed by atoms with Crippen molar-refractivity contribution in [3.63, 3.8) is 0 Å². The first-order valence-corrected chi connectivity index (χ1v) is 10.5. The van der Waals surface area contributed by atoms with Crippen LogP contribution in [0.3, 0.4) is 0 Å². The van der Waals surface area contributed by atoms with E-state index in [0.29, 0.717) is 18.7 Å². The fraction of sp³-hybridized carbons (Fsp3) is 0.588. The van der Waals surface area contributed by atoms with E-state index in [1.807, 2.05) is 23.8 Å². The maximum atomic E-state index is 13.0. The molecular formula is C17H22N2O4S2. The van der Waals surface area contributed by atoms with Gasteiger partial charge in [-0.1, -0.05) is 6.07 Å². The molecule has 0 radical (unpaired) electrons. The quantitative estimate of drug-likeness (QED) is 0.596. The van der Waals surface area contributed by atoms with Crippen LogP contribution in [0.4, 0.5) is 0 Å². The van der Waals surface area contributed by atoms with Gasteiger partial charge in [0.1, 0.15) is 5.54 Å². The highest BCUT2D eigenvalue weighted by molar-refractivity contribution is 7.98. The molecule has 1 N–H and O–H groups in total. The smallest absolute Gasteiger partial charge is 0.326 e. The van der Waals surface area contributed by atoms with Crippen LogP contribution in [0.5, 0.6) is 0 Å². The Morgan fingerprint density at radius 1 is 1.44 bits per heavy atom. The van der Waals surface area contributed by atoms with E-state index in [2.05, 4.69) is 5.32 Å². The molecule has 2 aliphatic heterocycles. The minimum absolute atomic E-state index is 0.196. The molecule has 4 atom stereocenters. The van der Waals surface area contributed by atoms with Gasteiger partial charge in [-0.3, -0.25) is 24.6 Å². The van der Waals surface area contributed by atoms with Gasteiger partial charge in [-0.05, 0) is 36.8 Å². The van der Waals surface area contributed by atoms with Gasteiger partial charge in [-0.25, -0.2) is 0 Å². The normalized spacial score (nSPS) is 31.5. The zero-order chi connectivity index (χ0) is 18.2. The Morgan fingerprint density at radius 3 is 2.76 bits per heavy atom. The summed E-state index contributed by atoms with van der Waals surface area (Å²) in [5.74, 6) is -1.52. The Kier molecular flexibility index (Phi) is 5.22. The van der Waals surface area contributed by atoms with Gasteiger partial charge in [0.2, 0.25) is 11.8 Å². The number of carbonyl (C=O) groups excluding carboxylic acids is 3. The van der Waals surface area contributed by atoms with E-state index in [1.54, 1.807) is 18.7 Å². The Bertz CT molecular complexity index is 678. The number of nitrogens with one attached hydrogen (secondary N) is 1. The van der Waals surface area contributed by atoms with Gasteiger partial charge in [-0.15, -0.1) is 11.3 Å². The molecule has 1 aromatic rings. The summed E-state index contributed by atoms with van der Waals surface area (Å²) in [6, 6.07) is 3.50. The summed E-state index contributed by atoms with van der Waals surface area (Å²) < 4.78 is 5.07. The number of ether oxygens (including phenoxy) is 1. The highest BCUT2D eigenvalue weighted by atomic mass is 32.2. The number of fused-ring (bicyclic) bond motifs is 1. The summed E-state index contributed by atoms with van der Waals surface area (Å²) in [5.41, 5.74) is -1.16. The Morgan fingerprint density at radius 2 is 2.20 bits per heavy atom. The number of thiophene rings is 1. The molecule has 2 aliphatic rings. The van der Waals surface area contributed by atoms with Gasteiger partial charge < -0.3 is 4.74 Å². The van der Waals surface area contributed by atoms with Gasteiger partial charge >= 0.3 is 5.97 Å². The lowest BCUT2D eigenvalue weighted by Crippen LogP contribution is -2.56. The fourth-order valence-electron chi connectivity index (χ4n) is 4.05. The van der Waals surface area contributed by atoms with Gasteiger partial charge in [0, 0.05) is 11.4 Å². The predicted molar refractivity (Wildman–Crippen MR) is 97.3 cm³/mol. The van der Waals surface area contributed by atoms with Crippen LogP contribution in [0.1, 0.15) is 24.3 Å². The van der Waals surface area contributed by atoms with Crippen LogP contribution in [0.15, 0.2) is 17.5 Å². The second kappa shape index (κ2) is 7.09. The van der Waals surface area contributed by atoms with Crippen molar-refractivity contribution in [2.75, 3.05) is 25.7 Å². The number of likely N-dealkylation sites (tertiary alicyclic amines) is 1. The number of imide groups is 1. The van der Waals surface area contributed by atoms with E-state index in [-0.39, 0.29) is 17.9 Å². The lowest BCUT2D eigenvalue weighted by atomic mass is 9.78. The van der Waals surface area contributed by atoms with E-state index in [0.717, 1.165) is 4.88 Å². The molecule has 2 saturated heterocycles. The minimum atomic E-state index is -1.16. The average Bonchev–Trinajstić information content (AvgIpc) is 3.30. The number of esters is 1. The van der Waals surface area contributed by atoms with Crippen LogP contribution in [0.25, 0.3) is 0 Å². The largest absolute Gasteiger partial charge is 0.468 e. The molecule has 3 heterocycles. The molecule has 0 spiro atoms. The fourth-order valence-corrected chi connectivity index (χ4v) is 5.40. The molecular weight excluding hydrogens is 360 g/mol. The highest BCUT2D eigenvalue weighted by Crippen LogP contribution is 2.51. The molecule has 3 rings (SSSR count). The van der Waals surface area contributed by atoms with Crippen LogP contribution in [0, 0.1) is 11.8 Å².